The molecule has 21 heavy (non-hydrogen) atoms. The van der Waals surface area contributed by atoms with Gasteiger partial charge >= 0.3 is 0 Å². The number of hydrogen-bond donors (Lipinski definition) is 1. The van der Waals surface area contributed by atoms with Crippen molar-refractivity contribution in [3.05, 3.63) is 58.1 Å². The van der Waals surface area contributed by atoms with Gasteiger partial charge in [0.15, 0.2) is 11.5 Å². The monoisotopic (exact) mass is 349 g/mol. The molecule has 4 heteroatoms. The summed E-state index contributed by atoms with van der Waals surface area (Å²) in [7, 11) is 3.60. The number of benzene rings is 2. The highest BCUT2D eigenvalue weighted by atomic mass is 79.9. The predicted molar refractivity (Wildman–Crippen MR) is 88.9 cm³/mol. The number of nitrogens with one attached hydrogen (secondary N) is 1. The molecular weight excluding hydrogens is 330 g/mol. The zero-order valence-electron chi connectivity index (χ0n) is 12.5. The van der Waals surface area contributed by atoms with E-state index in [4.69, 9.17) is 9.47 Å². The van der Waals surface area contributed by atoms with E-state index in [9.17, 15) is 0 Å². The SMILES string of the molecule is CNC(C)c1ccc(OCc2cccc(Br)c2)c(OC)c1. The highest BCUT2D eigenvalue weighted by Crippen LogP contribution is 2.31. The van der Waals surface area contributed by atoms with Gasteiger partial charge in [-0.15, -0.1) is 0 Å². The summed E-state index contributed by atoms with van der Waals surface area (Å²) in [6, 6.07) is 14.4. The number of methoxy groups -OCH3 is 1. The lowest BCUT2D eigenvalue weighted by atomic mass is 10.1. The van der Waals surface area contributed by atoms with Crippen LogP contribution in [0.2, 0.25) is 0 Å². The Bertz CT molecular complexity index is 601. The lowest BCUT2D eigenvalue weighted by Gasteiger charge is -2.15. The molecule has 1 N–H and O–H groups in total. The maximum atomic E-state index is 5.87. The smallest absolute Gasteiger partial charge is 0.161 e. The topological polar surface area (TPSA) is 30.5 Å². The zero-order chi connectivity index (χ0) is 15.2. The van der Waals surface area contributed by atoms with E-state index < -0.39 is 0 Å². The van der Waals surface area contributed by atoms with Crippen LogP contribution in [0.15, 0.2) is 46.9 Å². The van der Waals surface area contributed by atoms with Gasteiger partial charge < -0.3 is 14.8 Å². The Balaban J connectivity index is 2.12. The first-order valence-electron chi connectivity index (χ1n) is 6.86. The summed E-state index contributed by atoms with van der Waals surface area (Å²) in [6.45, 7) is 2.62. The second-order valence-electron chi connectivity index (χ2n) is 4.84. The van der Waals surface area contributed by atoms with Crippen LogP contribution in [0.5, 0.6) is 11.5 Å². The van der Waals surface area contributed by atoms with Gasteiger partial charge in [0.05, 0.1) is 7.11 Å². The number of halogens is 1. The van der Waals surface area contributed by atoms with E-state index in [0.29, 0.717) is 6.61 Å². The molecule has 0 aromatic heterocycles. The van der Waals surface area contributed by atoms with Crippen LogP contribution in [0.1, 0.15) is 24.1 Å². The van der Waals surface area contributed by atoms with Gasteiger partial charge in [-0.2, -0.15) is 0 Å². The van der Waals surface area contributed by atoms with E-state index in [1.807, 2.05) is 43.4 Å². The molecule has 0 bridgehead atoms. The second kappa shape index (κ2) is 7.48. The van der Waals surface area contributed by atoms with Gasteiger partial charge in [0.1, 0.15) is 6.61 Å². The Morgan fingerprint density at radius 1 is 1.14 bits per heavy atom. The highest BCUT2D eigenvalue weighted by molar-refractivity contribution is 9.10. The lowest BCUT2D eigenvalue weighted by molar-refractivity contribution is 0.284. The first kappa shape index (κ1) is 15.9. The third-order valence-corrected chi connectivity index (χ3v) is 3.90. The summed E-state index contributed by atoms with van der Waals surface area (Å²) in [5, 5.41) is 3.21. The van der Waals surface area contributed by atoms with E-state index in [1.165, 1.54) is 5.56 Å². The minimum atomic E-state index is 0.276. The van der Waals surface area contributed by atoms with Crippen molar-refractivity contribution < 1.29 is 9.47 Å². The Morgan fingerprint density at radius 3 is 2.62 bits per heavy atom. The first-order valence-corrected chi connectivity index (χ1v) is 7.65. The largest absolute Gasteiger partial charge is 0.493 e. The quantitative estimate of drug-likeness (QED) is 0.842. The summed E-state index contributed by atoms with van der Waals surface area (Å²) in [5.41, 5.74) is 2.28. The molecule has 0 saturated heterocycles. The van der Waals surface area contributed by atoms with Gasteiger partial charge in [-0.1, -0.05) is 34.1 Å². The molecule has 0 radical (unpaired) electrons. The van der Waals surface area contributed by atoms with E-state index >= 15 is 0 Å². The molecule has 0 fully saturated rings. The molecule has 0 aliphatic carbocycles. The van der Waals surface area contributed by atoms with Gasteiger partial charge in [0.25, 0.3) is 0 Å². The van der Waals surface area contributed by atoms with Crippen molar-refractivity contribution >= 4 is 15.9 Å². The molecule has 0 spiro atoms. The fourth-order valence-electron chi connectivity index (χ4n) is 2.03. The second-order valence-corrected chi connectivity index (χ2v) is 5.75. The van der Waals surface area contributed by atoms with Crippen LogP contribution >= 0.6 is 15.9 Å². The summed E-state index contributed by atoms with van der Waals surface area (Å²) in [4.78, 5) is 0. The molecule has 0 aliphatic rings. The van der Waals surface area contributed by atoms with Crippen LogP contribution in [0, 0.1) is 0 Å². The third kappa shape index (κ3) is 4.22. The van der Waals surface area contributed by atoms with Crippen molar-refractivity contribution in [2.75, 3.05) is 14.2 Å². The molecule has 2 aromatic carbocycles. The molecule has 2 rings (SSSR count). The van der Waals surface area contributed by atoms with E-state index in [0.717, 1.165) is 21.5 Å². The van der Waals surface area contributed by atoms with Crippen LogP contribution in [0.4, 0.5) is 0 Å². The fraction of sp³-hybridized carbons (Fsp3) is 0.294. The Morgan fingerprint density at radius 2 is 1.95 bits per heavy atom. The van der Waals surface area contributed by atoms with Crippen molar-refractivity contribution in [1.29, 1.82) is 0 Å². The summed E-state index contributed by atoms with van der Waals surface area (Å²) >= 11 is 3.46. The molecule has 112 valence electrons. The van der Waals surface area contributed by atoms with Gasteiger partial charge in [-0.05, 0) is 49.4 Å². The van der Waals surface area contributed by atoms with E-state index in [-0.39, 0.29) is 6.04 Å². The van der Waals surface area contributed by atoms with Crippen molar-refractivity contribution in [1.82, 2.24) is 5.32 Å². The third-order valence-electron chi connectivity index (χ3n) is 3.40. The van der Waals surface area contributed by atoms with Crippen molar-refractivity contribution in [3.63, 3.8) is 0 Å². The van der Waals surface area contributed by atoms with E-state index in [1.54, 1.807) is 7.11 Å². The average Bonchev–Trinajstić information content (AvgIpc) is 2.52. The summed E-state index contributed by atoms with van der Waals surface area (Å²) < 4.78 is 12.4. The van der Waals surface area contributed by atoms with Gasteiger partial charge in [0.2, 0.25) is 0 Å². The molecule has 3 nitrogen and oxygen atoms in total. The summed E-state index contributed by atoms with van der Waals surface area (Å²) in [6.07, 6.45) is 0. The number of hydrogen-bond acceptors (Lipinski definition) is 3. The number of rotatable bonds is 6. The molecule has 0 heterocycles. The van der Waals surface area contributed by atoms with Crippen LogP contribution in [-0.4, -0.2) is 14.2 Å². The van der Waals surface area contributed by atoms with Crippen LogP contribution in [0.3, 0.4) is 0 Å². The first-order chi connectivity index (χ1) is 10.1. The molecule has 1 atom stereocenters. The Hall–Kier alpha value is -1.52. The normalized spacial score (nSPS) is 12.0. The lowest BCUT2D eigenvalue weighted by Crippen LogP contribution is -2.12. The predicted octanol–water partition coefficient (Wildman–Crippen LogP) is 4.32. The Labute approximate surface area is 134 Å². The minimum Gasteiger partial charge on any atom is -0.493 e. The van der Waals surface area contributed by atoms with Gasteiger partial charge in [-0.25, -0.2) is 0 Å². The van der Waals surface area contributed by atoms with Gasteiger partial charge in [-0.3, -0.25) is 0 Å². The van der Waals surface area contributed by atoms with Crippen molar-refractivity contribution in [2.24, 2.45) is 0 Å². The standard InChI is InChI=1S/C17H20BrNO2/c1-12(19-2)14-7-8-16(17(10-14)20-3)21-11-13-5-4-6-15(18)9-13/h4-10,12,19H,11H2,1-3H3. The van der Waals surface area contributed by atoms with E-state index in [2.05, 4.69) is 34.2 Å². The van der Waals surface area contributed by atoms with Crippen LogP contribution < -0.4 is 14.8 Å². The molecular formula is C17H20BrNO2. The Kier molecular flexibility index (Phi) is 5.65. The fourth-order valence-corrected chi connectivity index (χ4v) is 2.47. The molecule has 0 saturated carbocycles. The van der Waals surface area contributed by atoms with Crippen molar-refractivity contribution in [2.45, 2.75) is 19.6 Å². The molecule has 0 amide bonds. The maximum absolute atomic E-state index is 5.87. The molecule has 1 unspecified atom stereocenters. The highest BCUT2D eigenvalue weighted by Gasteiger charge is 2.09. The van der Waals surface area contributed by atoms with Gasteiger partial charge in [0, 0.05) is 10.5 Å². The number of ether oxygens (including phenoxy) is 2. The van der Waals surface area contributed by atoms with Crippen LogP contribution in [-0.2, 0) is 6.61 Å². The van der Waals surface area contributed by atoms with Crippen molar-refractivity contribution in [3.8, 4) is 11.5 Å². The zero-order valence-corrected chi connectivity index (χ0v) is 14.1. The summed E-state index contributed by atoms with van der Waals surface area (Å²) in [5.74, 6) is 1.51. The maximum Gasteiger partial charge on any atom is 0.161 e. The minimum absolute atomic E-state index is 0.276. The van der Waals surface area contributed by atoms with Crippen LogP contribution in [0.25, 0.3) is 0 Å². The molecule has 0 aliphatic heterocycles. The molecule has 2 aromatic rings. The average molecular weight is 350 g/mol.